The number of nitrogens with zero attached hydrogens (tertiary/aromatic N) is 2. The van der Waals surface area contributed by atoms with Crippen LogP contribution < -0.4 is 26.2 Å². The van der Waals surface area contributed by atoms with Crippen LogP contribution >= 0.6 is 0 Å². The van der Waals surface area contributed by atoms with Gasteiger partial charge in [0.1, 0.15) is 0 Å². The van der Waals surface area contributed by atoms with Gasteiger partial charge in [-0.1, -0.05) is 158 Å². The van der Waals surface area contributed by atoms with E-state index >= 15 is 0 Å². The predicted octanol–water partition coefficient (Wildman–Crippen LogP) is 14.6. The fourth-order valence-corrected chi connectivity index (χ4v) is 15.0. The molecular weight excluding hydrogens is 784 g/mol. The largest absolute Gasteiger partial charge is 0.311 e. The molecule has 0 bridgehead atoms. The smallest absolute Gasteiger partial charge is 0.252 e. The average molecular weight is 855 g/mol. The summed E-state index contributed by atoms with van der Waals surface area (Å²) in [5, 5.41) is 0. The Bertz CT molecular complexity index is 3030. The zero-order chi connectivity index (χ0) is 46.3. The fourth-order valence-electron chi connectivity index (χ4n) is 15.0. The van der Waals surface area contributed by atoms with Gasteiger partial charge in [0.25, 0.3) is 6.71 Å². The van der Waals surface area contributed by atoms with Crippen molar-refractivity contribution < 1.29 is 0 Å². The summed E-state index contributed by atoms with van der Waals surface area (Å²) in [6.45, 7) is 39.1. The lowest BCUT2D eigenvalue weighted by molar-refractivity contribution is 0.402. The highest BCUT2D eigenvalue weighted by atomic mass is 15.2. The molecule has 0 saturated heterocycles. The Kier molecular flexibility index (Phi) is 8.60. The molecule has 0 fully saturated rings. The van der Waals surface area contributed by atoms with Crippen LogP contribution in [0.15, 0.2) is 103 Å². The lowest BCUT2D eigenvalue weighted by atomic mass is 9.33. The van der Waals surface area contributed by atoms with E-state index in [1.807, 2.05) is 0 Å². The molecule has 2 heterocycles. The zero-order valence-electron chi connectivity index (χ0n) is 42.4. The number of fused-ring (bicyclic) bond motifs is 7. The molecular formula is C62H71BN2. The summed E-state index contributed by atoms with van der Waals surface area (Å²) in [7, 11) is 0. The van der Waals surface area contributed by atoms with Gasteiger partial charge >= 0.3 is 0 Å². The molecule has 2 nitrogen and oxygen atoms in total. The molecule has 6 aromatic rings. The first-order valence-corrected chi connectivity index (χ1v) is 24.7. The van der Waals surface area contributed by atoms with Gasteiger partial charge in [-0.05, 0) is 180 Å². The van der Waals surface area contributed by atoms with Crippen LogP contribution in [0.4, 0.5) is 34.1 Å². The summed E-state index contributed by atoms with van der Waals surface area (Å²) >= 11 is 0. The number of hydrogen-bond donors (Lipinski definition) is 0. The van der Waals surface area contributed by atoms with Crippen molar-refractivity contribution in [1.29, 1.82) is 0 Å². The van der Waals surface area contributed by atoms with Gasteiger partial charge in [0, 0.05) is 39.5 Å². The molecule has 332 valence electrons. The zero-order valence-corrected chi connectivity index (χ0v) is 42.4. The Morgan fingerprint density at radius 1 is 0.415 bits per heavy atom. The highest BCUT2D eigenvalue weighted by Gasteiger charge is 2.50. The lowest BCUT2D eigenvalue weighted by Gasteiger charge is -2.46. The molecule has 65 heavy (non-hydrogen) atoms. The van der Waals surface area contributed by atoms with E-state index in [0.717, 1.165) is 19.3 Å². The van der Waals surface area contributed by atoms with Crippen LogP contribution in [0, 0.1) is 13.8 Å². The second kappa shape index (κ2) is 13.1. The van der Waals surface area contributed by atoms with Gasteiger partial charge in [-0.25, -0.2) is 0 Å². The molecule has 11 rings (SSSR count). The Morgan fingerprint density at radius 2 is 0.908 bits per heavy atom. The third kappa shape index (κ3) is 5.98. The van der Waals surface area contributed by atoms with Crippen molar-refractivity contribution in [2.75, 3.05) is 9.80 Å². The second-order valence-corrected chi connectivity index (χ2v) is 25.8. The highest BCUT2D eigenvalue weighted by molar-refractivity contribution is 7.00. The first kappa shape index (κ1) is 42.6. The Morgan fingerprint density at radius 3 is 1.51 bits per heavy atom. The van der Waals surface area contributed by atoms with Crippen LogP contribution in [-0.4, -0.2) is 6.71 Å². The molecule has 0 N–H and O–H groups in total. The van der Waals surface area contributed by atoms with E-state index in [1.54, 1.807) is 0 Å². The minimum atomic E-state index is -0.199. The summed E-state index contributed by atoms with van der Waals surface area (Å²) in [6.07, 6.45) is 3.43. The van der Waals surface area contributed by atoms with Crippen LogP contribution in [0.1, 0.15) is 172 Å². The molecule has 3 heteroatoms. The third-order valence-electron chi connectivity index (χ3n) is 17.4. The van der Waals surface area contributed by atoms with Gasteiger partial charge in [-0.2, -0.15) is 0 Å². The van der Waals surface area contributed by atoms with Crippen molar-refractivity contribution in [1.82, 2.24) is 0 Å². The molecule has 0 spiro atoms. The van der Waals surface area contributed by atoms with Gasteiger partial charge < -0.3 is 9.80 Å². The first-order chi connectivity index (χ1) is 30.2. The van der Waals surface area contributed by atoms with Crippen LogP contribution in [0.2, 0.25) is 0 Å². The van der Waals surface area contributed by atoms with Crippen LogP contribution in [0.25, 0.3) is 0 Å². The van der Waals surface area contributed by atoms with Gasteiger partial charge in [-0.15, -0.1) is 0 Å². The second-order valence-electron chi connectivity index (χ2n) is 25.8. The fraction of sp³-hybridized carbons (Fsp3) is 0.419. The predicted molar refractivity (Wildman–Crippen MR) is 281 cm³/mol. The number of anilines is 6. The Labute approximate surface area is 392 Å². The minimum Gasteiger partial charge on any atom is -0.311 e. The normalized spacial score (nSPS) is 20.5. The summed E-state index contributed by atoms with van der Waals surface area (Å²) in [6, 6.07) is 41.6. The van der Waals surface area contributed by atoms with Gasteiger partial charge in [0.15, 0.2) is 0 Å². The average Bonchev–Trinajstić information content (AvgIpc) is 3.62. The molecule has 0 unspecified atom stereocenters. The van der Waals surface area contributed by atoms with E-state index in [9.17, 15) is 0 Å². The van der Waals surface area contributed by atoms with Crippen molar-refractivity contribution in [3.8, 4) is 0 Å². The minimum absolute atomic E-state index is 0.0612. The van der Waals surface area contributed by atoms with Crippen LogP contribution in [0.3, 0.4) is 0 Å². The summed E-state index contributed by atoms with van der Waals surface area (Å²) in [4.78, 5) is 5.40. The molecule has 6 aromatic carbocycles. The van der Waals surface area contributed by atoms with Crippen LogP contribution in [0.5, 0.6) is 0 Å². The third-order valence-corrected chi connectivity index (χ3v) is 17.4. The quantitative estimate of drug-likeness (QED) is 0.163. The monoisotopic (exact) mass is 855 g/mol. The molecule has 0 amide bonds. The SMILES string of the molecule is Cc1cc2c3c(c1)N(c1cc4c(cc1C)C(C)(C)CC4(C)C)c1cc4c(cc1B3c1ccc(C(C)(C)c3ccccc3)cc1N2c1ccc2c(c1)C(C)(C)CC2(C)C)C(C)(C)CC4(C)C. The number of rotatable bonds is 4. The topological polar surface area (TPSA) is 6.48 Å². The summed E-state index contributed by atoms with van der Waals surface area (Å²) in [5.41, 5.74) is 26.7. The molecule has 5 aliphatic rings. The van der Waals surface area contributed by atoms with E-state index in [0.29, 0.717) is 0 Å². The number of benzene rings is 6. The van der Waals surface area contributed by atoms with E-state index < -0.39 is 0 Å². The van der Waals surface area contributed by atoms with Crippen molar-refractivity contribution in [2.45, 2.75) is 168 Å². The van der Waals surface area contributed by atoms with Crippen molar-refractivity contribution in [3.63, 3.8) is 0 Å². The highest BCUT2D eigenvalue weighted by Crippen LogP contribution is 2.57. The molecule has 0 radical (unpaired) electrons. The number of aryl methyl sites for hydroxylation is 2. The Hall–Kier alpha value is -5.02. The maximum atomic E-state index is 2.72. The molecule has 0 aromatic heterocycles. The first-order valence-electron chi connectivity index (χ1n) is 24.7. The summed E-state index contributed by atoms with van der Waals surface area (Å²) < 4.78 is 0. The Balaban J connectivity index is 1.24. The molecule has 0 saturated carbocycles. The summed E-state index contributed by atoms with van der Waals surface area (Å²) in [5.74, 6) is 0. The molecule has 3 aliphatic carbocycles. The van der Waals surface area contributed by atoms with Crippen molar-refractivity contribution in [2.24, 2.45) is 0 Å². The maximum absolute atomic E-state index is 2.72. The van der Waals surface area contributed by atoms with E-state index in [1.165, 1.54) is 106 Å². The van der Waals surface area contributed by atoms with E-state index in [4.69, 9.17) is 0 Å². The maximum Gasteiger partial charge on any atom is 0.252 e. The lowest BCUT2D eigenvalue weighted by Crippen LogP contribution is -2.61. The van der Waals surface area contributed by atoms with Crippen molar-refractivity contribution in [3.05, 3.63) is 159 Å². The van der Waals surface area contributed by atoms with E-state index in [2.05, 4.69) is 224 Å². The van der Waals surface area contributed by atoms with Gasteiger partial charge in [0.05, 0.1) is 0 Å². The van der Waals surface area contributed by atoms with Gasteiger partial charge in [-0.3, -0.25) is 0 Å². The van der Waals surface area contributed by atoms with Gasteiger partial charge in [0.2, 0.25) is 0 Å². The van der Waals surface area contributed by atoms with E-state index in [-0.39, 0.29) is 44.6 Å². The molecule has 2 aliphatic heterocycles. The standard InChI is InChI=1S/C62H71BN2/c1-37-26-53-55-54(27-37)65(50-32-46-43(28-38(50)2)57(5,6)35-60(46,11)12)52-33-47-45(59(9,10)36-61(47,13)14)31-49(52)63(55)48-25-22-40(62(15,16)39-20-18-17-19-21-39)29-51(48)64(53)41-23-24-42-44(30-41)58(7,8)34-56(42,3)4/h17-33H,34-36H2,1-16H3. The van der Waals surface area contributed by atoms with Crippen LogP contribution in [-0.2, 0) is 37.9 Å². The molecule has 0 atom stereocenters. The number of hydrogen-bond acceptors (Lipinski definition) is 2. The van der Waals surface area contributed by atoms with Crippen molar-refractivity contribution >= 4 is 57.2 Å².